The summed E-state index contributed by atoms with van der Waals surface area (Å²) in [6.07, 6.45) is 1.96. The molecule has 0 fully saturated rings. The number of nitrogens with two attached hydrogens (primary N) is 1. The van der Waals surface area contributed by atoms with E-state index in [1.165, 1.54) is 5.56 Å². The van der Waals surface area contributed by atoms with E-state index in [0.29, 0.717) is 13.1 Å². The molecule has 0 saturated carbocycles. The van der Waals surface area contributed by atoms with E-state index < -0.39 is 0 Å². The molecule has 3 nitrogen and oxygen atoms in total. The third kappa shape index (κ3) is 3.80. The van der Waals surface area contributed by atoms with Crippen molar-refractivity contribution in [3.8, 4) is 0 Å². The third-order valence-corrected chi connectivity index (χ3v) is 4.18. The highest BCUT2D eigenvalue weighted by Gasteiger charge is 2.25. The minimum Gasteiger partial charge on any atom is -0.351 e. The monoisotopic (exact) mass is 262 g/mol. The van der Waals surface area contributed by atoms with Gasteiger partial charge >= 0.3 is 0 Å². The number of carbonyl (C=O) groups excluding carboxylic acids is 1. The van der Waals surface area contributed by atoms with Crippen molar-refractivity contribution in [2.45, 2.75) is 40.5 Å². The molecule has 3 N–H and O–H groups in total. The Balaban J connectivity index is 2.75. The Morgan fingerprint density at radius 3 is 2.37 bits per heavy atom. The van der Waals surface area contributed by atoms with Crippen molar-refractivity contribution in [1.82, 2.24) is 5.32 Å². The van der Waals surface area contributed by atoms with Crippen molar-refractivity contribution in [1.29, 1.82) is 0 Å². The topological polar surface area (TPSA) is 55.1 Å². The standard InChI is InChI=1S/C16H26N2O/c1-5-16(6-2,10-17)11-18-15(19)14-8-7-12(3)9-13(14)4/h7-9H,5-6,10-11,17H2,1-4H3,(H,18,19). The fourth-order valence-corrected chi connectivity index (χ4v) is 2.29. The minimum atomic E-state index is -0.00257. The Labute approximate surface area is 116 Å². The zero-order chi connectivity index (χ0) is 14.5. The van der Waals surface area contributed by atoms with Crippen molar-refractivity contribution in [3.63, 3.8) is 0 Å². The number of aryl methyl sites for hydroxylation is 2. The van der Waals surface area contributed by atoms with Crippen molar-refractivity contribution < 1.29 is 4.79 Å². The van der Waals surface area contributed by atoms with E-state index in [2.05, 4.69) is 19.2 Å². The Morgan fingerprint density at radius 2 is 1.89 bits per heavy atom. The maximum atomic E-state index is 12.2. The van der Waals surface area contributed by atoms with Crippen molar-refractivity contribution in [3.05, 3.63) is 34.9 Å². The van der Waals surface area contributed by atoms with Crippen LogP contribution >= 0.6 is 0 Å². The molecule has 0 aliphatic heterocycles. The predicted molar refractivity (Wildman–Crippen MR) is 80.3 cm³/mol. The Kier molecular flexibility index (Phi) is 5.55. The number of nitrogens with one attached hydrogen (secondary N) is 1. The predicted octanol–water partition coefficient (Wildman–Crippen LogP) is 2.80. The maximum absolute atomic E-state index is 12.2. The van der Waals surface area contributed by atoms with Crippen LogP contribution in [0.3, 0.4) is 0 Å². The molecular weight excluding hydrogens is 236 g/mol. The lowest BCUT2D eigenvalue weighted by atomic mass is 9.82. The zero-order valence-corrected chi connectivity index (χ0v) is 12.5. The maximum Gasteiger partial charge on any atom is 0.251 e. The summed E-state index contributed by atoms with van der Waals surface area (Å²) in [6, 6.07) is 5.89. The molecule has 0 heterocycles. The van der Waals surface area contributed by atoms with Gasteiger partial charge < -0.3 is 11.1 Å². The molecule has 0 bridgehead atoms. The van der Waals surface area contributed by atoms with Crippen molar-refractivity contribution in [2.75, 3.05) is 13.1 Å². The van der Waals surface area contributed by atoms with E-state index in [1.807, 2.05) is 32.0 Å². The molecule has 0 aromatic heterocycles. The van der Waals surface area contributed by atoms with Gasteiger partial charge in [-0.15, -0.1) is 0 Å². The fraction of sp³-hybridized carbons (Fsp3) is 0.562. The van der Waals surface area contributed by atoms with Gasteiger partial charge in [-0.1, -0.05) is 31.5 Å². The summed E-state index contributed by atoms with van der Waals surface area (Å²) in [4.78, 5) is 12.2. The summed E-state index contributed by atoms with van der Waals surface area (Å²) in [7, 11) is 0. The Bertz CT molecular complexity index is 428. The highest BCUT2D eigenvalue weighted by atomic mass is 16.1. The van der Waals surface area contributed by atoms with Gasteiger partial charge in [-0.05, 0) is 50.3 Å². The number of benzene rings is 1. The number of hydrogen-bond donors (Lipinski definition) is 2. The number of amides is 1. The van der Waals surface area contributed by atoms with Crippen molar-refractivity contribution >= 4 is 5.91 Å². The average Bonchev–Trinajstić information content (AvgIpc) is 2.40. The number of hydrogen-bond acceptors (Lipinski definition) is 2. The van der Waals surface area contributed by atoms with E-state index in [-0.39, 0.29) is 11.3 Å². The Hall–Kier alpha value is -1.35. The van der Waals surface area contributed by atoms with Crippen LogP contribution in [0.15, 0.2) is 18.2 Å². The van der Waals surface area contributed by atoms with Gasteiger partial charge in [0.2, 0.25) is 0 Å². The first-order chi connectivity index (χ1) is 8.98. The normalized spacial score (nSPS) is 11.4. The highest BCUT2D eigenvalue weighted by Crippen LogP contribution is 2.23. The summed E-state index contributed by atoms with van der Waals surface area (Å²) in [5.41, 5.74) is 8.82. The molecule has 1 amide bonds. The van der Waals surface area contributed by atoms with Crippen LogP contribution in [0.5, 0.6) is 0 Å². The van der Waals surface area contributed by atoms with Gasteiger partial charge in [0, 0.05) is 12.1 Å². The van der Waals surface area contributed by atoms with Gasteiger partial charge in [0.05, 0.1) is 0 Å². The van der Waals surface area contributed by atoms with Gasteiger partial charge in [-0.2, -0.15) is 0 Å². The van der Waals surface area contributed by atoms with Crippen LogP contribution < -0.4 is 11.1 Å². The van der Waals surface area contributed by atoms with Gasteiger partial charge in [-0.3, -0.25) is 4.79 Å². The second kappa shape index (κ2) is 6.71. The fourth-order valence-electron chi connectivity index (χ4n) is 2.29. The van der Waals surface area contributed by atoms with Crippen LogP contribution in [0.4, 0.5) is 0 Å². The van der Waals surface area contributed by atoms with Crippen LogP contribution in [-0.2, 0) is 0 Å². The smallest absolute Gasteiger partial charge is 0.251 e. The first-order valence-corrected chi connectivity index (χ1v) is 7.03. The van der Waals surface area contributed by atoms with Gasteiger partial charge in [0.25, 0.3) is 5.91 Å². The molecule has 1 aromatic carbocycles. The van der Waals surface area contributed by atoms with Crippen LogP contribution in [0, 0.1) is 19.3 Å². The summed E-state index contributed by atoms with van der Waals surface area (Å²) in [5, 5.41) is 3.03. The molecule has 0 spiro atoms. The zero-order valence-electron chi connectivity index (χ0n) is 12.5. The lowest BCUT2D eigenvalue weighted by Crippen LogP contribution is -2.41. The SMILES string of the molecule is CCC(CC)(CN)CNC(=O)c1ccc(C)cc1C. The van der Waals surface area contributed by atoms with E-state index in [1.54, 1.807) is 0 Å². The van der Waals surface area contributed by atoms with Crippen molar-refractivity contribution in [2.24, 2.45) is 11.1 Å². The number of rotatable bonds is 6. The molecule has 0 atom stereocenters. The van der Waals surface area contributed by atoms with Crippen LogP contribution in [0.2, 0.25) is 0 Å². The first kappa shape index (κ1) is 15.7. The molecule has 19 heavy (non-hydrogen) atoms. The molecular formula is C16H26N2O. The van der Waals surface area contributed by atoms with E-state index in [0.717, 1.165) is 24.0 Å². The van der Waals surface area contributed by atoms with Crippen LogP contribution in [0.1, 0.15) is 48.2 Å². The minimum absolute atomic E-state index is 0.00257. The number of carbonyl (C=O) groups is 1. The molecule has 1 aromatic rings. The summed E-state index contributed by atoms with van der Waals surface area (Å²) >= 11 is 0. The van der Waals surface area contributed by atoms with Crippen LogP contribution in [-0.4, -0.2) is 19.0 Å². The molecule has 106 valence electrons. The molecule has 1 rings (SSSR count). The summed E-state index contributed by atoms with van der Waals surface area (Å²) in [5.74, 6) is -0.00257. The van der Waals surface area contributed by atoms with Gasteiger partial charge in [-0.25, -0.2) is 0 Å². The van der Waals surface area contributed by atoms with E-state index >= 15 is 0 Å². The Morgan fingerprint density at radius 1 is 1.26 bits per heavy atom. The lowest BCUT2D eigenvalue weighted by Gasteiger charge is -2.30. The molecule has 0 aliphatic carbocycles. The molecule has 0 saturated heterocycles. The second-order valence-electron chi connectivity index (χ2n) is 5.41. The van der Waals surface area contributed by atoms with E-state index in [4.69, 9.17) is 5.73 Å². The molecule has 0 unspecified atom stereocenters. The molecule has 3 heteroatoms. The third-order valence-electron chi connectivity index (χ3n) is 4.18. The molecule has 0 radical (unpaired) electrons. The summed E-state index contributed by atoms with van der Waals surface area (Å²) < 4.78 is 0. The van der Waals surface area contributed by atoms with Crippen LogP contribution in [0.25, 0.3) is 0 Å². The second-order valence-corrected chi connectivity index (χ2v) is 5.41. The highest BCUT2D eigenvalue weighted by molar-refractivity contribution is 5.95. The summed E-state index contributed by atoms with van der Waals surface area (Å²) in [6.45, 7) is 9.50. The first-order valence-electron chi connectivity index (χ1n) is 7.03. The lowest BCUT2D eigenvalue weighted by molar-refractivity contribution is 0.0927. The van der Waals surface area contributed by atoms with Gasteiger partial charge in [0.15, 0.2) is 0 Å². The largest absolute Gasteiger partial charge is 0.351 e. The quantitative estimate of drug-likeness (QED) is 0.828. The van der Waals surface area contributed by atoms with E-state index in [9.17, 15) is 4.79 Å². The average molecular weight is 262 g/mol. The molecule has 0 aliphatic rings. The van der Waals surface area contributed by atoms with Gasteiger partial charge in [0.1, 0.15) is 0 Å².